The van der Waals surface area contributed by atoms with Gasteiger partial charge in [-0.2, -0.15) is 0 Å². The van der Waals surface area contributed by atoms with Crippen molar-refractivity contribution < 1.29 is 13.9 Å². The highest BCUT2D eigenvalue weighted by atomic mass is 35.5. The van der Waals surface area contributed by atoms with E-state index in [0.29, 0.717) is 40.2 Å². The Kier molecular flexibility index (Phi) is 7.09. The van der Waals surface area contributed by atoms with Crippen LogP contribution in [0.1, 0.15) is 16.7 Å². The monoisotopic (exact) mass is 420 g/mol. The van der Waals surface area contributed by atoms with Crippen LogP contribution in [0.15, 0.2) is 54.9 Å². The maximum Gasteiger partial charge on any atom is 0.180 e. The Morgan fingerprint density at radius 2 is 1.71 bits per heavy atom. The summed E-state index contributed by atoms with van der Waals surface area (Å²) >= 11 is 12.5. The van der Waals surface area contributed by atoms with E-state index in [9.17, 15) is 4.39 Å². The zero-order valence-electron chi connectivity index (χ0n) is 15.2. The van der Waals surface area contributed by atoms with Crippen LogP contribution in [0, 0.1) is 5.82 Å². The van der Waals surface area contributed by atoms with Gasteiger partial charge in [0, 0.05) is 31.0 Å². The van der Waals surface area contributed by atoms with Gasteiger partial charge in [0.15, 0.2) is 11.5 Å². The van der Waals surface area contributed by atoms with E-state index in [-0.39, 0.29) is 6.61 Å². The van der Waals surface area contributed by atoms with Gasteiger partial charge in [0.2, 0.25) is 0 Å². The number of nitrogens with one attached hydrogen (secondary N) is 1. The molecule has 1 N–H and O–H groups in total. The van der Waals surface area contributed by atoms with Crippen molar-refractivity contribution in [2.24, 2.45) is 0 Å². The Bertz CT molecular complexity index is 939. The number of halogens is 3. The van der Waals surface area contributed by atoms with Gasteiger partial charge in [-0.3, -0.25) is 4.98 Å². The number of aromatic nitrogens is 1. The molecule has 0 saturated heterocycles. The molecule has 0 aliphatic carbocycles. The number of methoxy groups -OCH3 is 1. The molecule has 0 unspecified atom stereocenters. The lowest BCUT2D eigenvalue weighted by molar-refractivity contribution is 0.284. The minimum absolute atomic E-state index is 0.148. The quantitative estimate of drug-likeness (QED) is 0.529. The molecule has 1 aromatic heterocycles. The number of ether oxygens (including phenoxy) is 2. The van der Waals surface area contributed by atoms with E-state index in [0.717, 1.165) is 11.1 Å². The molecule has 3 aromatic rings. The average Bonchev–Trinajstić information content (AvgIpc) is 2.69. The third kappa shape index (κ3) is 5.35. The zero-order chi connectivity index (χ0) is 19.9. The van der Waals surface area contributed by atoms with E-state index in [1.807, 2.05) is 24.3 Å². The Morgan fingerprint density at radius 3 is 2.43 bits per heavy atom. The Hall–Kier alpha value is -2.34. The van der Waals surface area contributed by atoms with Crippen molar-refractivity contribution in [3.63, 3.8) is 0 Å². The summed E-state index contributed by atoms with van der Waals surface area (Å²) < 4.78 is 24.4. The number of rotatable bonds is 8. The van der Waals surface area contributed by atoms with Crippen molar-refractivity contribution in [3.8, 4) is 11.5 Å². The molecule has 0 radical (unpaired) electrons. The van der Waals surface area contributed by atoms with Crippen molar-refractivity contribution in [1.82, 2.24) is 10.3 Å². The number of benzene rings is 2. The first-order valence-corrected chi connectivity index (χ1v) is 9.35. The largest absolute Gasteiger partial charge is 0.493 e. The summed E-state index contributed by atoms with van der Waals surface area (Å²) in [6, 6.07) is 11.8. The van der Waals surface area contributed by atoms with Crippen LogP contribution in [0.3, 0.4) is 0 Å². The summed E-state index contributed by atoms with van der Waals surface area (Å²) in [7, 11) is 1.55. The summed E-state index contributed by atoms with van der Waals surface area (Å²) in [6.45, 7) is 1.47. The predicted molar refractivity (Wildman–Crippen MR) is 109 cm³/mol. The minimum Gasteiger partial charge on any atom is -0.493 e. The van der Waals surface area contributed by atoms with E-state index in [4.69, 9.17) is 32.7 Å². The van der Waals surface area contributed by atoms with Gasteiger partial charge in [0.25, 0.3) is 0 Å². The molecular formula is C21H19Cl2FN2O2. The summed E-state index contributed by atoms with van der Waals surface area (Å²) in [5.74, 6) is 0.543. The molecule has 2 aromatic carbocycles. The lowest BCUT2D eigenvalue weighted by atomic mass is 10.2. The lowest BCUT2D eigenvalue weighted by Crippen LogP contribution is -2.13. The van der Waals surface area contributed by atoms with Crippen molar-refractivity contribution in [2.75, 3.05) is 7.11 Å². The first kappa shape index (κ1) is 20.4. The maximum atomic E-state index is 13.2. The van der Waals surface area contributed by atoms with Crippen molar-refractivity contribution in [1.29, 1.82) is 0 Å². The zero-order valence-corrected chi connectivity index (χ0v) is 16.7. The molecule has 0 spiro atoms. The van der Waals surface area contributed by atoms with Gasteiger partial charge in [-0.25, -0.2) is 4.39 Å². The van der Waals surface area contributed by atoms with Crippen LogP contribution in [0.2, 0.25) is 10.0 Å². The second kappa shape index (κ2) is 9.73. The Balaban J connectivity index is 1.67. The fraction of sp³-hybridized carbons (Fsp3) is 0.190. The Labute approximate surface area is 173 Å². The first-order chi connectivity index (χ1) is 13.6. The highest BCUT2D eigenvalue weighted by molar-refractivity contribution is 6.32. The molecule has 3 rings (SSSR count). The van der Waals surface area contributed by atoms with Gasteiger partial charge in [-0.05, 0) is 47.5 Å². The highest BCUT2D eigenvalue weighted by Crippen LogP contribution is 2.37. The SMILES string of the molecule is COc1cc(CNCc2ccncc2)cc(Cl)c1OCc1ccc(F)cc1Cl. The number of nitrogens with zero attached hydrogens (tertiary/aromatic N) is 1. The molecule has 0 aliphatic heterocycles. The molecular weight excluding hydrogens is 402 g/mol. The van der Waals surface area contributed by atoms with Crippen molar-refractivity contribution in [3.05, 3.63) is 87.4 Å². The van der Waals surface area contributed by atoms with Crippen LogP contribution in [-0.4, -0.2) is 12.1 Å². The maximum absolute atomic E-state index is 13.2. The standard InChI is InChI=1S/C21H19Cl2FN2O2/c1-27-20-9-15(12-26-11-14-4-6-25-7-5-14)8-19(23)21(20)28-13-16-2-3-17(24)10-18(16)22/h2-10,26H,11-13H2,1H3. The summed E-state index contributed by atoms with van der Waals surface area (Å²) in [5.41, 5.74) is 2.76. The van der Waals surface area contributed by atoms with Crippen LogP contribution in [0.4, 0.5) is 4.39 Å². The second-order valence-corrected chi connectivity index (χ2v) is 6.91. The molecule has 0 amide bonds. The van der Waals surface area contributed by atoms with E-state index in [1.54, 1.807) is 25.6 Å². The molecule has 0 atom stereocenters. The highest BCUT2D eigenvalue weighted by Gasteiger charge is 2.13. The fourth-order valence-electron chi connectivity index (χ4n) is 2.66. The molecule has 28 heavy (non-hydrogen) atoms. The van der Waals surface area contributed by atoms with Crippen LogP contribution >= 0.6 is 23.2 Å². The lowest BCUT2D eigenvalue weighted by Gasteiger charge is -2.15. The predicted octanol–water partition coefficient (Wildman–Crippen LogP) is 5.40. The third-order valence-corrected chi connectivity index (χ3v) is 4.72. The molecule has 7 heteroatoms. The summed E-state index contributed by atoms with van der Waals surface area (Å²) in [6.07, 6.45) is 3.52. The van der Waals surface area contributed by atoms with Gasteiger partial charge < -0.3 is 14.8 Å². The summed E-state index contributed by atoms with van der Waals surface area (Å²) in [4.78, 5) is 4.00. The van der Waals surface area contributed by atoms with Crippen LogP contribution in [0.25, 0.3) is 0 Å². The number of pyridine rings is 1. The van der Waals surface area contributed by atoms with Gasteiger partial charge in [0.1, 0.15) is 12.4 Å². The molecule has 4 nitrogen and oxygen atoms in total. The smallest absolute Gasteiger partial charge is 0.180 e. The Morgan fingerprint density at radius 1 is 0.964 bits per heavy atom. The second-order valence-electron chi connectivity index (χ2n) is 6.09. The third-order valence-electron chi connectivity index (χ3n) is 4.08. The molecule has 0 saturated carbocycles. The van der Waals surface area contributed by atoms with Crippen molar-refractivity contribution >= 4 is 23.2 Å². The van der Waals surface area contributed by atoms with Crippen molar-refractivity contribution in [2.45, 2.75) is 19.7 Å². The molecule has 0 aliphatic rings. The van der Waals surface area contributed by atoms with E-state index in [2.05, 4.69) is 10.3 Å². The fourth-order valence-corrected chi connectivity index (χ4v) is 3.17. The molecule has 0 bridgehead atoms. The normalized spacial score (nSPS) is 10.7. The number of hydrogen-bond acceptors (Lipinski definition) is 4. The van der Waals surface area contributed by atoms with E-state index < -0.39 is 5.82 Å². The first-order valence-electron chi connectivity index (χ1n) is 8.59. The van der Waals surface area contributed by atoms with E-state index >= 15 is 0 Å². The van der Waals surface area contributed by atoms with Crippen LogP contribution < -0.4 is 14.8 Å². The molecule has 146 valence electrons. The van der Waals surface area contributed by atoms with Gasteiger partial charge in [-0.15, -0.1) is 0 Å². The van der Waals surface area contributed by atoms with Gasteiger partial charge in [-0.1, -0.05) is 29.3 Å². The molecule has 0 fully saturated rings. The van der Waals surface area contributed by atoms with Crippen LogP contribution in [0.5, 0.6) is 11.5 Å². The van der Waals surface area contributed by atoms with Gasteiger partial charge >= 0.3 is 0 Å². The minimum atomic E-state index is -0.395. The number of hydrogen-bond donors (Lipinski definition) is 1. The summed E-state index contributed by atoms with van der Waals surface area (Å²) in [5, 5.41) is 4.08. The van der Waals surface area contributed by atoms with Crippen LogP contribution in [-0.2, 0) is 19.7 Å². The van der Waals surface area contributed by atoms with E-state index in [1.165, 1.54) is 12.1 Å². The average molecular weight is 421 g/mol. The topological polar surface area (TPSA) is 43.4 Å². The molecule has 1 heterocycles. The van der Waals surface area contributed by atoms with Gasteiger partial charge in [0.05, 0.1) is 17.2 Å².